The number of aldehydes is 1. The highest BCUT2D eigenvalue weighted by Crippen LogP contribution is 2.25. The Morgan fingerprint density at radius 2 is 1.82 bits per heavy atom. The second-order valence-electron chi connectivity index (χ2n) is 4.57. The number of nitrogens with zero attached hydrogens (tertiary/aromatic N) is 5. The summed E-state index contributed by atoms with van der Waals surface area (Å²) in [7, 11) is 0. The van der Waals surface area contributed by atoms with E-state index in [0.29, 0.717) is 16.9 Å². The first-order valence-electron chi connectivity index (χ1n) is 6.57. The Kier molecular flexibility index (Phi) is 3.68. The van der Waals surface area contributed by atoms with Crippen LogP contribution in [0, 0.1) is 0 Å². The van der Waals surface area contributed by atoms with Crippen LogP contribution in [0.3, 0.4) is 0 Å². The van der Waals surface area contributed by atoms with Crippen molar-refractivity contribution >= 4 is 12.0 Å². The fourth-order valence-electron chi connectivity index (χ4n) is 2.15. The summed E-state index contributed by atoms with van der Waals surface area (Å²) < 4.78 is 1.67. The van der Waals surface area contributed by atoms with Crippen LogP contribution in [-0.4, -0.2) is 16.1 Å². The molecule has 1 heterocycles. The lowest BCUT2D eigenvalue weighted by Gasteiger charge is -2.00. The van der Waals surface area contributed by atoms with Crippen LogP contribution in [0.1, 0.15) is 10.4 Å². The van der Waals surface area contributed by atoms with Crippen LogP contribution in [0.4, 0.5) is 5.69 Å². The highest BCUT2D eigenvalue weighted by molar-refractivity contribution is 5.85. The van der Waals surface area contributed by atoms with Crippen molar-refractivity contribution in [3.8, 4) is 16.9 Å². The number of azide groups is 1. The third-order valence-electron chi connectivity index (χ3n) is 3.19. The topological polar surface area (TPSA) is 83.7 Å². The number of carbonyl (C=O) groups excluding carboxylic acids is 1. The van der Waals surface area contributed by atoms with E-state index in [1.807, 2.05) is 30.3 Å². The maximum Gasteiger partial charge on any atom is 0.153 e. The third-order valence-corrected chi connectivity index (χ3v) is 3.19. The second kappa shape index (κ2) is 5.95. The number of para-hydroxylation sites is 1. The normalized spacial score (nSPS) is 10.0. The minimum Gasteiger partial charge on any atom is -0.298 e. The van der Waals surface area contributed by atoms with E-state index < -0.39 is 0 Å². The van der Waals surface area contributed by atoms with E-state index >= 15 is 0 Å². The average molecular weight is 289 g/mol. The molecule has 0 saturated heterocycles. The fourth-order valence-corrected chi connectivity index (χ4v) is 2.15. The van der Waals surface area contributed by atoms with E-state index in [0.717, 1.165) is 17.5 Å². The van der Waals surface area contributed by atoms with E-state index in [1.54, 1.807) is 35.1 Å². The van der Waals surface area contributed by atoms with Gasteiger partial charge in [0.1, 0.15) is 5.69 Å². The number of aromatic nitrogens is 2. The van der Waals surface area contributed by atoms with Gasteiger partial charge in [0.05, 0.1) is 11.3 Å². The number of benzene rings is 2. The van der Waals surface area contributed by atoms with Crippen LogP contribution < -0.4 is 0 Å². The van der Waals surface area contributed by atoms with E-state index in [2.05, 4.69) is 15.1 Å². The first-order valence-corrected chi connectivity index (χ1v) is 6.57. The highest BCUT2D eigenvalue weighted by atomic mass is 16.1. The molecule has 0 aliphatic heterocycles. The molecular formula is C16H11N5O. The zero-order valence-electron chi connectivity index (χ0n) is 11.5. The van der Waals surface area contributed by atoms with Gasteiger partial charge in [0.15, 0.2) is 6.29 Å². The molecule has 3 aromatic rings. The van der Waals surface area contributed by atoms with Crippen LogP contribution in [0.2, 0.25) is 0 Å². The van der Waals surface area contributed by atoms with E-state index in [9.17, 15) is 4.79 Å². The van der Waals surface area contributed by atoms with Crippen LogP contribution >= 0.6 is 0 Å². The number of carbonyl (C=O) groups is 1. The van der Waals surface area contributed by atoms with Gasteiger partial charge < -0.3 is 0 Å². The van der Waals surface area contributed by atoms with Gasteiger partial charge in [0.25, 0.3) is 0 Å². The van der Waals surface area contributed by atoms with Gasteiger partial charge >= 0.3 is 0 Å². The largest absolute Gasteiger partial charge is 0.298 e. The Morgan fingerprint density at radius 1 is 1.09 bits per heavy atom. The molecule has 1 aromatic heterocycles. The van der Waals surface area contributed by atoms with Gasteiger partial charge in [-0.25, -0.2) is 4.68 Å². The van der Waals surface area contributed by atoms with Crippen LogP contribution in [0.15, 0.2) is 65.9 Å². The number of hydrogen-bond acceptors (Lipinski definition) is 3. The smallest absolute Gasteiger partial charge is 0.153 e. The first kappa shape index (κ1) is 13.6. The molecule has 22 heavy (non-hydrogen) atoms. The highest BCUT2D eigenvalue weighted by Gasteiger charge is 2.11. The summed E-state index contributed by atoms with van der Waals surface area (Å²) in [6.45, 7) is 0. The summed E-state index contributed by atoms with van der Waals surface area (Å²) in [5, 5.41) is 8.00. The van der Waals surface area contributed by atoms with Gasteiger partial charge in [0, 0.05) is 22.4 Å². The molecule has 2 aromatic carbocycles. The molecule has 6 nitrogen and oxygen atoms in total. The molecule has 3 rings (SSSR count). The van der Waals surface area contributed by atoms with Crippen molar-refractivity contribution in [3.63, 3.8) is 0 Å². The third kappa shape index (κ3) is 2.59. The lowest BCUT2D eigenvalue weighted by Crippen LogP contribution is -1.93. The van der Waals surface area contributed by atoms with Crippen LogP contribution in [-0.2, 0) is 0 Å². The molecule has 0 unspecified atom stereocenters. The molecular weight excluding hydrogens is 278 g/mol. The zero-order valence-corrected chi connectivity index (χ0v) is 11.5. The van der Waals surface area contributed by atoms with E-state index in [-0.39, 0.29) is 0 Å². The van der Waals surface area contributed by atoms with Gasteiger partial charge in [-0.15, -0.1) is 0 Å². The Labute approximate surface area is 126 Å². The second-order valence-corrected chi connectivity index (χ2v) is 4.57. The standard InChI is InChI=1S/C16H11N5O/c17-20-18-14-8-6-12(7-9-14)16-13(11-22)10-21(19-16)15-4-2-1-3-5-15/h1-11H. The van der Waals surface area contributed by atoms with Crippen LogP contribution in [0.5, 0.6) is 0 Å². The van der Waals surface area contributed by atoms with Crippen molar-refractivity contribution in [3.05, 3.63) is 76.8 Å². The van der Waals surface area contributed by atoms with Gasteiger partial charge in [0.2, 0.25) is 0 Å². The molecule has 0 bridgehead atoms. The molecule has 0 aliphatic carbocycles. The summed E-state index contributed by atoms with van der Waals surface area (Å²) >= 11 is 0. The minimum atomic E-state index is 0.500. The Balaban J connectivity index is 2.05. The lowest BCUT2D eigenvalue weighted by molar-refractivity contribution is 0.112. The molecule has 0 aliphatic rings. The maximum atomic E-state index is 11.3. The van der Waals surface area contributed by atoms with Crippen molar-refractivity contribution < 1.29 is 4.79 Å². The molecule has 0 spiro atoms. The summed E-state index contributed by atoms with van der Waals surface area (Å²) in [5.41, 5.74) is 11.7. The van der Waals surface area contributed by atoms with E-state index in [1.165, 1.54) is 0 Å². The summed E-state index contributed by atoms with van der Waals surface area (Å²) in [5.74, 6) is 0. The molecule has 106 valence electrons. The quantitative estimate of drug-likeness (QED) is 0.310. The van der Waals surface area contributed by atoms with Crippen LogP contribution in [0.25, 0.3) is 27.4 Å². The van der Waals surface area contributed by atoms with Crippen molar-refractivity contribution in [1.29, 1.82) is 0 Å². The monoisotopic (exact) mass is 289 g/mol. The molecule has 0 fully saturated rings. The lowest BCUT2D eigenvalue weighted by atomic mass is 10.1. The van der Waals surface area contributed by atoms with Gasteiger partial charge in [-0.05, 0) is 17.7 Å². The fraction of sp³-hybridized carbons (Fsp3) is 0. The summed E-state index contributed by atoms with van der Waals surface area (Å²) in [4.78, 5) is 14.0. The minimum absolute atomic E-state index is 0.500. The average Bonchev–Trinajstić information content (AvgIpc) is 3.01. The van der Waals surface area contributed by atoms with Crippen molar-refractivity contribution in [2.24, 2.45) is 5.11 Å². The Bertz CT molecular complexity index is 846. The number of rotatable bonds is 4. The molecule has 0 N–H and O–H groups in total. The van der Waals surface area contributed by atoms with Gasteiger partial charge in [-0.3, -0.25) is 4.79 Å². The van der Waals surface area contributed by atoms with Crippen molar-refractivity contribution in [2.45, 2.75) is 0 Å². The zero-order chi connectivity index (χ0) is 15.4. The summed E-state index contributed by atoms with van der Waals surface area (Å²) in [6, 6.07) is 16.5. The van der Waals surface area contributed by atoms with E-state index in [4.69, 9.17) is 5.53 Å². The number of hydrogen-bond donors (Lipinski definition) is 0. The molecule has 0 radical (unpaired) electrons. The van der Waals surface area contributed by atoms with Crippen molar-refractivity contribution in [2.75, 3.05) is 0 Å². The first-order chi connectivity index (χ1) is 10.8. The van der Waals surface area contributed by atoms with Gasteiger partial charge in [-0.2, -0.15) is 5.10 Å². The predicted molar refractivity (Wildman–Crippen MR) is 83.2 cm³/mol. The predicted octanol–water partition coefficient (Wildman–Crippen LogP) is 4.29. The summed E-state index contributed by atoms with van der Waals surface area (Å²) in [6.07, 6.45) is 2.47. The molecule has 0 amide bonds. The van der Waals surface area contributed by atoms with Crippen molar-refractivity contribution in [1.82, 2.24) is 9.78 Å². The van der Waals surface area contributed by atoms with Gasteiger partial charge in [-0.1, -0.05) is 47.6 Å². The molecule has 6 heteroatoms. The SMILES string of the molecule is [N-]=[N+]=Nc1ccc(-c2nn(-c3ccccc3)cc2C=O)cc1. The molecule has 0 atom stereocenters. The Hall–Kier alpha value is -3.37. The molecule has 0 saturated carbocycles. The Morgan fingerprint density at radius 3 is 2.45 bits per heavy atom. The maximum absolute atomic E-state index is 11.3.